The van der Waals surface area contributed by atoms with Crippen molar-refractivity contribution in [3.63, 3.8) is 0 Å². The molecule has 3 heterocycles. The molecule has 0 saturated carbocycles. The molecule has 1 amide bonds. The lowest BCUT2D eigenvalue weighted by Crippen LogP contribution is -2.49. The van der Waals surface area contributed by atoms with Gasteiger partial charge in [0.05, 0.1) is 6.42 Å². The first-order valence-corrected chi connectivity index (χ1v) is 9.62. The second kappa shape index (κ2) is 7.56. The first kappa shape index (κ1) is 17.8. The molecule has 3 aromatic rings. The van der Waals surface area contributed by atoms with E-state index in [4.69, 9.17) is 0 Å². The van der Waals surface area contributed by atoms with Crippen molar-refractivity contribution in [2.75, 3.05) is 32.7 Å². The van der Waals surface area contributed by atoms with Gasteiger partial charge >= 0.3 is 0 Å². The van der Waals surface area contributed by atoms with E-state index in [1.54, 1.807) is 0 Å². The number of benzene rings is 1. The Morgan fingerprint density at radius 1 is 1.11 bits per heavy atom. The predicted molar refractivity (Wildman–Crippen MR) is 107 cm³/mol. The molecule has 0 unspecified atom stereocenters. The number of nitrogens with zero attached hydrogens (tertiary/aromatic N) is 5. The molecule has 0 radical (unpaired) electrons. The summed E-state index contributed by atoms with van der Waals surface area (Å²) >= 11 is 0. The molecule has 1 saturated heterocycles. The minimum Gasteiger partial charge on any atom is -0.350 e. The SMILES string of the molecule is Cc1nccn1CCN1CCN(C(=O)Cc2cn(C)c3ccccc23)CC1. The Bertz CT molecular complexity index is 933. The summed E-state index contributed by atoms with van der Waals surface area (Å²) < 4.78 is 4.28. The van der Waals surface area contributed by atoms with Crippen LogP contribution in [0.3, 0.4) is 0 Å². The monoisotopic (exact) mass is 365 g/mol. The third-order valence-electron chi connectivity index (χ3n) is 5.63. The van der Waals surface area contributed by atoms with Gasteiger partial charge in [0, 0.05) is 75.8 Å². The van der Waals surface area contributed by atoms with Gasteiger partial charge in [-0.3, -0.25) is 9.69 Å². The van der Waals surface area contributed by atoms with Gasteiger partial charge < -0.3 is 14.0 Å². The van der Waals surface area contributed by atoms with Crippen LogP contribution in [0.15, 0.2) is 42.9 Å². The van der Waals surface area contributed by atoms with Crippen LogP contribution in [0.1, 0.15) is 11.4 Å². The van der Waals surface area contributed by atoms with Crippen molar-refractivity contribution < 1.29 is 4.79 Å². The highest BCUT2D eigenvalue weighted by atomic mass is 16.2. The largest absolute Gasteiger partial charge is 0.350 e. The quantitative estimate of drug-likeness (QED) is 0.695. The molecule has 27 heavy (non-hydrogen) atoms. The number of aromatic nitrogens is 3. The molecule has 6 heteroatoms. The minimum absolute atomic E-state index is 0.233. The number of piperazine rings is 1. The molecule has 0 bridgehead atoms. The number of hydrogen-bond donors (Lipinski definition) is 0. The Hall–Kier alpha value is -2.60. The molecule has 1 aliphatic rings. The van der Waals surface area contributed by atoms with Crippen molar-refractivity contribution in [1.29, 1.82) is 0 Å². The van der Waals surface area contributed by atoms with E-state index in [2.05, 4.69) is 37.3 Å². The predicted octanol–water partition coefficient (Wildman–Crippen LogP) is 2.07. The van der Waals surface area contributed by atoms with Gasteiger partial charge in [-0.2, -0.15) is 0 Å². The van der Waals surface area contributed by atoms with Crippen molar-refractivity contribution in [3.8, 4) is 0 Å². The lowest BCUT2D eigenvalue weighted by molar-refractivity contribution is -0.132. The molecule has 1 aliphatic heterocycles. The van der Waals surface area contributed by atoms with E-state index in [1.807, 2.05) is 43.4 Å². The third-order valence-corrected chi connectivity index (χ3v) is 5.63. The van der Waals surface area contributed by atoms with E-state index < -0.39 is 0 Å². The summed E-state index contributed by atoms with van der Waals surface area (Å²) in [7, 11) is 2.04. The van der Waals surface area contributed by atoms with Crippen molar-refractivity contribution in [1.82, 2.24) is 23.9 Å². The maximum Gasteiger partial charge on any atom is 0.227 e. The second-order valence-corrected chi connectivity index (χ2v) is 7.35. The topological polar surface area (TPSA) is 46.3 Å². The number of imidazole rings is 1. The van der Waals surface area contributed by atoms with Crippen LogP contribution >= 0.6 is 0 Å². The molecular formula is C21H27N5O. The van der Waals surface area contributed by atoms with Gasteiger partial charge in [0.25, 0.3) is 0 Å². The highest BCUT2D eigenvalue weighted by molar-refractivity contribution is 5.89. The standard InChI is InChI=1S/C21H27N5O/c1-17-22-7-8-25(17)12-9-24-10-13-26(14-11-24)21(27)15-18-16-23(2)20-6-4-3-5-19(18)20/h3-8,16H,9-15H2,1-2H3. The number of carbonyl (C=O) groups is 1. The van der Waals surface area contributed by atoms with Gasteiger partial charge in [-0.25, -0.2) is 4.98 Å². The fraction of sp³-hybridized carbons (Fsp3) is 0.429. The van der Waals surface area contributed by atoms with E-state index in [1.165, 1.54) is 10.9 Å². The van der Waals surface area contributed by atoms with Crippen molar-refractivity contribution in [2.45, 2.75) is 19.9 Å². The van der Waals surface area contributed by atoms with Crippen LogP contribution in [0, 0.1) is 6.92 Å². The molecular weight excluding hydrogens is 338 g/mol. The Morgan fingerprint density at radius 3 is 2.63 bits per heavy atom. The van der Waals surface area contributed by atoms with Crippen LogP contribution in [0.4, 0.5) is 0 Å². The summed E-state index contributed by atoms with van der Waals surface area (Å²) in [5.74, 6) is 1.29. The number of aryl methyl sites for hydroxylation is 2. The zero-order valence-electron chi connectivity index (χ0n) is 16.1. The minimum atomic E-state index is 0.233. The number of para-hydroxylation sites is 1. The first-order valence-electron chi connectivity index (χ1n) is 9.62. The maximum atomic E-state index is 12.8. The summed E-state index contributed by atoms with van der Waals surface area (Å²) in [5.41, 5.74) is 2.30. The number of hydrogen-bond acceptors (Lipinski definition) is 3. The highest BCUT2D eigenvalue weighted by Crippen LogP contribution is 2.21. The molecule has 2 aromatic heterocycles. The van der Waals surface area contributed by atoms with Crippen LogP contribution in [-0.2, 0) is 24.8 Å². The average molecular weight is 365 g/mol. The molecule has 0 aliphatic carbocycles. The summed E-state index contributed by atoms with van der Waals surface area (Å²) in [6, 6.07) is 8.29. The Kier molecular flexibility index (Phi) is 4.99. The Morgan fingerprint density at radius 2 is 1.89 bits per heavy atom. The van der Waals surface area contributed by atoms with E-state index in [-0.39, 0.29) is 5.91 Å². The summed E-state index contributed by atoms with van der Waals surface area (Å²) in [5, 5.41) is 1.18. The number of fused-ring (bicyclic) bond motifs is 1. The van der Waals surface area contributed by atoms with Crippen LogP contribution in [0.5, 0.6) is 0 Å². The van der Waals surface area contributed by atoms with E-state index in [0.717, 1.165) is 50.7 Å². The molecule has 142 valence electrons. The Labute approximate surface area is 160 Å². The molecule has 0 atom stereocenters. The normalized spacial score (nSPS) is 15.6. The van der Waals surface area contributed by atoms with Crippen LogP contribution in [0.25, 0.3) is 10.9 Å². The van der Waals surface area contributed by atoms with Crippen LogP contribution in [-0.4, -0.2) is 62.5 Å². The smallest absolute Gasteiger partial charge is 0.227 e. The first-order chi connectivity index (χ1) is 13.1. The van der Waals surface area contributed by atoms with Gasteiger partial charge in [-0.05, 0) is 18.6 Å². The number of amides is 1. The number of carbonyl (C=O) groups excluding carboxylic acids is 1. The lowest BCUT2D eigenvalue weighted by Gasteiger charge is -2.34. The van der Waals surface area contributed by atoms with Crippen molar-refractivity contribution in [2.24, 2.45) is 7.05 Å². The third kappa shape index (κ3) is 3.76. The Balaban J connectivity index is 1.31. The van der Waals surface area contributed by atoms with Gasteiger partial charge in [-0.1, -0.05) is 18.2 Å². The zero-order valence-corrected chi connectivity index (χ0v) is 16.1. The average Bonchev–Trinajstić information content (AvgIpc) is 3.24. The van der Waals surface area contributed by atoms with Gasteiger partial charge in [0.1, 0.15) is 5.82 Å². The molecule has 6 nitrogen and oxygen atoms in total. The molecule has 1 fully saturated rings. The van der Waals surface area contributed by atoms with Gasteiger partial charge in [-0.15, -0.1) is 0 Å². The summed E-state index contributed by atoms with van der Waals surface area (Å²) in [6.07, 6.45) is 6.44. The summed E-state index contributed by atoms with van der Waals surface area (Å²) in [4.78, 5) is 21.5. The number of rotatable bonds is 5. The van der Waals surface area contributed by atoms with Crippen LogP contribution in [0.2, 0.25) is 0 Å². The highest BCUT2D eigenvalue weighted by Gasteiger charge is 2.22. The fourth-order valence-corrected chi connectivity index (χ4v) is 3.95. The van der Waals surface area contributed by atoms with Crippen molar-refractivity contribution >= 4 is 16.8 Å². The molecule has 0 spiro atoms. The molecule has 0 N–H and O–H groups in total. The van der Waals surface area contributed by atoms with E-state index >= 15 is 0 Å². The van der Waals surface area contributed by atoms with E-state index in [9.17, 15) is 4.79 Å². The van der Waals surface area contributed by atoms with E-state index in [0.29, 0.717) is 6.42 Å². The molecule has 4 rings (SSSR count). The second-order valence-electron chi connectivity index (χ2n) is 7.35. The lowest BCUT2D eigenvalue weighted by atomic mass is 10.1. The maximum absolute atomic E-state index is 12.8. The van der Waals surface area contributed by atoms with Gasteiger partial charge in [0.2, 0.25) is 5.91 Å². The zero-order chi connectivity index (χ0) is 18.8. The van der Waals surface area contributed by atoms with Crippen LogP contribution < -0.4 is 0 Å². The summed E-state index contributed by atoms with van der Waals surface area (Å²) in [6.45, 7) is 7.49. The van der Waals surface area contributed by atoms with Crippen molar-refractivity contribution in [3.05, 3.63) is 54.2 Å². The molecule has 1 aromatic carbocycles. The van der Waals surface area contributed by atoms with Gasteiger partial charge in [0.15, 0.2) is 0 Å². The fourth-order valence-electron chi connectivity index (χ4n) is 3.95.